The maximum atomic E-state index is 13.0. The van der Waals surface area contributed by atoms with Gasteiger partial charge in [0.25, 0.3) is 0 Å². The standard InChI is InChI=1S/C26H27N5O3S/c1-19(25(32)27-21-9-11-22(12-10-21)30-13-16-33-17-14-30)35-26-29-28-24(20-6-3-2-4-7-20)31(26)18-23-8-5-15-34-23/h2-12,15,19H,13-14,16-18H2,1H3,(H,27,32)/t19-/m0/s1. The van der Waals surface area contributed by atoms with Crippen LogP contribution in [0.25, 0.3) is 11.4 Å². The molecule has 1 aliphatic heterocycles. The summed E-state index contributed by atoms with van der Waals surface area (Å²) in [5, 5.41) is 12.1. The number of morpholine rings is 1. The van der Waals surface area contributed by atoms with E-state index in [0.29, 0.717) is 11.7 Å². The highest BCUT2D eigenvalue weighted by molar-refractivity contribution is 8.00. The molecule has 8 nitrogen and oxygen atoms in total. The predicted molar refractivity (Wildman–Crippen MR) is 137 cm³/mol. The van der Waals surface area contributed by atoms with Crippen LogP contribution in [0.2, 0.25) is 0 Å². The molecule has 0 unspecified atom stereocenters. The van der Waals surface area contributed by atoms with E-state index in [1.165, 1.54) is 11.8 Å². The van der Waals surface area contributed by atoms with E-state index in [-0.39, 0.29) is 11.2 Å². The van der Waals surface area contributed by atoms with E-state index in [9.17, 15) is 4.79 Å². The Hall–Kier alpha value is -3.56. The second-order valence-corrected chi connectivity index (χ2v) is 9.54. The SMILES string of the molecule is C[C@H](Sc1nnc(-c2ccccc2)n1Cc1ccco1)C(=O)Nc1ccc(N2CCOCC2)cc1. The number of carbonyl (C=O) groups excluding carboxylic acids is 1. The number of rotatable bonds is 8. The smallest absolute Gasteiger partial charge is 0.237 e. The summed E-state index contributed by atoms with van der Waals surface area (Å²) in [5.74, 6) is 1.43. The lowest BCUT2D eigenvalue weighted by atomic mass is 10.2. The Kier molecular flexibility index (Phi) is 7.15. The topological polar surface area (TPSA) is 85.4 Å². The Bertz CT molecular complexity index is 1240. The zero-order valence-corrected chi connectivity index (χ0v) is 20.3. The number of hydrogen-bond acceptors (Lipinski definition) is 7. The Morgan fingerprint density at radius 2 is 1.80 bits per heavy atom. The second-order valence-electron chi connectivity index (χ2n) is 8.23. The number of hydrogen-bond donors (Lipinski definition) is 1. The summed E-state index contributed by atoms with van der Waals surface area (Å²) in [6.45, 7) is 5.58. The molecule has 180 valence electrons. The molecule has 0 spiro atoms. The van der Waals surface area contributed by atoms with Crippen LogP contribution in [0.1, 0.15) is 12.7 Å². The molecule has 1 N–H and O–H groups in total. The van der Waals surface area contributed by atoms with Gasteiger partial charge in [0.05, 0.1) is 31.3 Å². The largest absolute Gasteiger partial charge is 0.467 e. The fourth-order valence-electron chi connectivity index (χ4n) is 3.91. The highest BCUT2D eigenvalue weighted by atomic mass is 32.2. The van der Waals surface area contributed by atoms with Gasteiger partial charge in [-0.2, -0.15) is 0 Å². The molecule has 1 saturated heterocycles. The number of amides is 1. The quantitative estimate of drug-likeness (QED) is 0.364. The number of nitrogens with one attached hydrogen (secondary N) is 1. The van der Waals surface area contributed by atoms with Gasteiger partial charge in [0.15, 0.2) is 11.0 Å². The molecule has 35 heavy (non-hydrogen) atoms. The van der Waals surface area contributed by atoms with Crippen LogP contribution >= 0.6 is 11.8 Å². The molecule has 0 aliphatic carbocycles. The molecule has 1 atom stereocenters. The fourth-order valence-corrected chi connectivity index (χ4v) is 4.76. The molecular weight excluding hydrogens is 462 g/mol. The van der Waals surface area contributed by atoms with Crippen molar-refractivity contribution in [1.29, 1.82) is 0 Å². The van der Waals surface area contributed by atoms with Crippen LogP contribution in [0.15, 0.2) is 82.6 Å². The van der Waals surface area contributed by atoms with E-state index in [1.807, 2.05) is 78.2 Å². The predicted octanol–water partition coefficient (Wildman–Crippen LogP) is 4.54. The first-order valence-electron chi connectivity index (χ1n) is 11.6. The normalized spacial score (nSPS) is 14.6. The fraction of sp³-hybridized carbons (Fsp3) is 0.269. The van der Waals surface area contributed by atoms with E-state index in [4.69, 9.17) is 9.15 Å². The van der Waals surface area contributed by atoms with E-state index in [2.05, 4.69) is 20.4 Å². The summed E-state index contributed by atoms with van der Waals surface area (Å²) < 4.78 is 13.0. The minimum atomic E-state index is -0.378. The number of nitrogens with zero attached hydrogens (tertiary/aromatic N) is 4. The van der Waals surface area contributed by atoms with Crippen LogP contribution in [-0.4, -0.2) is 52.2 Å². The summed E-state index contributed by atoms with van der Waals surface area (Å²) >= 11 is 1.37. The number of ether oxygens (including phenoxy) is 1. The van der Waals surface area contributed by atoms with Crippen molar-refractivity contribution in [3.05, 3.63) is 78.8 Å². The van der Waals surface area contributed by atoms with Crippen LogP contribution in [0.4, 0.5) is 11.4 Å². The summed E-state index contributed by atoms with van der Waals surface area (Å²) in [5.41, 5.74) is 2.85. The average molecular weight is 490 g/mol. The zero-order valence-electron chi connectivity index (χ0n) is 19.5. The second kappa shape index (κ2) is 10.8. The molecule has 0 radical (unpaired) electrons. The molecule has 3 heterocycles. The van der Waals surface area contributed by atoms with Crippen molar-refractivity contribution in [2.24, 2.45) is 0 Å². The minimum Gasteiger partial charge on any atom is -0.467 e. The van der Waals surface area contributed by atoms with Crippen LogP contribution in [0, 0.1) is 0 Å². The molecule has 1 fully saturated rings. The first-order valence-corrected chi connectivity index (χ1v) is 12.5. The Balaban J connectivity index is 1.28. The molecule has 1 amide bonds. The summed E-state index contributed by atoms with van der Waals surface area (Å²) in [7, 11) is 0. The monoisotopic (exact) mass is 489 g/mol. The van der Waals surface area contributed by atoms with Gasteiger partial charge in [-0.15, -0.1) is 10.2 Å². The third-order valence-corrected chi connectivity index (χ3v) is 6.89. The van der Waals surface area contributed by atoms with Crippen molar-refractivity contribution in [3.8, 4) is 11.4 Å². The molecule has 5 rings (SSSR count). The van der Waals surface area contributed by atoms with E-state index in [1.54, 1.807) is 6.26 Å². The molecule has 4 aromatic rings. The van der Waals surface area contributed by atoms with Crippen molar-refractivity contribution in [2.75, 3.05) is 36.5 Å². The van der Waals surface area contributed by atoms with Gasteiger partial charge >= 0.3 is 0 Å². The summed E-state index contributed by atoms with van der Waals surface area (Å²) in [4.78, 5) is 15.3. The minimum absolute atomic E-state index is 0.0945. The molecule has 0 saturated carbocycles. The number of thioether (sulfide) groups is 1. The van der Waals surface area contributed by atoms with Gasteiger partial charge in [0.2, 0.25) is 5.91 Å². The third-order valence-electron chi connectivity index (χ3n) is 5.81. The molecule has 2 aromatic carbocycles. The van der Waals surface area contributed by atoms with Crippen LogP contribution in [0.5, 0.6) is 0 Å². The number of carbonyl (C=O) groups is 1. The molecule has 9 heteroatoms. The number of furan rings is 1. The molecular formula is C26H27N5O3S. The van der Waals surface area contributed by atoms with Gasteiger partial charge in [-0.05, 0) is 43.3 Å². The molecule has 1 aliphatic rings. The van der Waals surface area contributed by atoms with Gasteiger partial charge in [-0.1, -0.05) is 42.1 Å². The lowest BCUT2D eigenvalue weighted by Gasteiger charge is -2.28. The van der Waals surface area contributed by atoms with E-state index >= 15 is 0 Å². The van der Waals surface area contributed by atoms with Crippen LogP contribution in [0.3, 0.4) is 0 Å². The van der Waals surface area contributed by atoms with Gasteiger partial charge in [0.1, 0.15) is 5.76 Å². The lowest BCUT2D eigenvalue weighted by molar-refractivity contribution is -0.115. The van der Waals surface area contributed by atoms with Gasteiger partial charge < -0.3 is 19.4 Å². The molecule has 0 bridgehead atoms. The summed E-state index contributed by atoms with van der Waals surface area (Å²) in [6, 6.07) is 21.6. The van der Waals surface area contributed by atoms with E-state index in [0.717, 1.165) is 54.8 Å². The zero-order chi connectivity index (χ0) is 24.0. The van der Waals surface area contributed by atoms with Crippen molar-refractivity contribution in [1.82, 2.24) is 14.8 Å². The number of benzene rings is 2. The van der Waals surface area contributed by atoms with Crippen molar-refractivity contribution in [2.45, 2.75) is 23.9 Å². The third kappa shape index (κ3) is 5.58. The first-order chi connectivity index (χ1) is 17.2. The highest BCUT2D eigenvalue weighted by Gasteiger charge is 2.22. The molecule has 2 aromatic heterocycles. The average Bonchev–Trinajstić information content (AvgIpc) is 3.56. The number of aromatic nitrogens is 3. The Morgan fingerprint density at radius 1 is 1.03 bits per heavy atom. The Morgan fingerprint density at radius 3 is 2.51 bits per heavy atom. The van der Waals surface area contributed by atoms with Crippen LogP contribution < -0.4 is 10.2 Å². The van der Waals surface area contributed by atoms with Crippen LogP contribution in [-0.2, 0) is 16.1 Å². The Labute approximate surface area is 208 Å². The number of anilines is 2. The van der Waals surface area contributed by atoms with Crippen molar-refractivity contribution >= 4 is 29.0 Å². The van der Waals surface area contributed by atoms with Crippen molar-refractivity contribution < 1.29 is 13.9 Å². The van der Waals surface area contributed by atoms with Crippen molar-refractivity contribution in [3.63, 3.8) is 0 Å². The van der Waals surface area contributed by atoms with E-state index < -0.39 is 0 Å². The maximum Gasteiger partial charge on any atom is 0.237 e. The lowest BCUT2D eigenvalue weighted by Crippen LogP contribution is -2.36. The highest BCUT2D eigenvalue weighted by Crippen LogP contribution is 2.29. The van der Waals surface area contributed by atoms with Gasteiger partial charge in [-0.25, -0.2) is 0 Å². The maximum absolute atomic E-state index is 13.0. The first kappa shape index (κ1) is 23.2. The summed E-state index contributed by atoms with van der Waals surface area (Å²) in [6.07, 6.45) is 1.65. The van der Waals surface area contributed by atoms with Gasteiger partial charge in [0, 0.05) is 30.0 Å². The van der Waals surface area contributed by atoms with Gasteiger partial charge in [-0.3, -0.25) is 9.36 Å².